The maximum absolute atomic E-state index is 12.6. The molecule has 1 aromatic rings. The van der Waals surface area contributed by atoms with Crippen molar-refractivity contribution in [3.05, 3.63) is 11.8 Å². The van der Waals surface area contributed by atoms with Gasteiger partial charge in [-0.3, -0.25) is 14.3 Å². The number of imide groups is 1. The first kappa shape index (κ1) is 13.7. The average Bonchev–Trinajstić information content (AvgIpc) is 2.88. The summed E-state index contributed by atoms with van der Waals surface area (Å²) in [6.45, 7) is 4.15. The molecule has 2 rings (SSSR count). The predicted octanol–water partition coefficient (Wildman–Crippen LogP) is 0.949. The van der Waals surface area contributed by atoms with Crippen molar-refractivity contribution in [2.24, 2.45) is 18.2 Å². The fraction of sp³-hybridized carbons (Fsp3) is 0.615. The Balaban J connectivity index is 2.49. The van der Waals surface area contributed by atoms with Gasteiger partial charge in [-0.15, -0.1) is 0 Å². The summed E-state index contributed by atoms with van der Waals surface area (Å²) < 4.78 is 1.54. The molecule has 0 spiro atoms. The lowest BCUT2D eigenvalue weighted by Gasteiger charge is -2.23. The van der Waals surface area contributed by atoms with E-state index in [4.69, 9.17) is 5.73 Å². The molecule has 0 aromatic carbocycles. The largest absolute Gasteiger partial charge is 0.326 e. The molecule has 2 amide bonds. The smallest absolute Gasteiger partial charge is 0.241 e. The summed E-state index contributed by atoms with van der Waals surface area (Å²) in [5.74, 6) is 0.231. The van der Waals surface area contributed by atoms with Gasteiger partial charge in [-0.05, 0) is 12.8 Å². The molecule has 0 saturated carbocycles. The molecule has 1 aromatic heterocycles. The second-order valence-corrected chi connectivity index (χ2v) is 5.02. The van der Waals surface area contributed by atoms with Gasteiger partial charge in [-0.2, -0.15) is 5.10 Å². The highest BCUT2D eigenvalue weighted by Crippen LogP contribution is 2.41. The summed E-state index contributed by atoms with van der Waals surface area (Å²) in [5.41, 5.74) is 5.81. The highest BCUT2D eigenvalue weighted by Gasteiger charge is 2.50. The van der Waals surface area contributed by atoms with Crippen LogP contribution < -0.4 is 10.6 Å². The number of carbonyl (C=O) groups excluding carboxylic acids is 2. The molecule has 104 valence electrons. The van der Waals surface area contributed by atoms with Crippen molar-refractivity contribution in [1.29, 1.82) is 0 Å². The van der Waals surface area contributed by atoms with Crippen molar-refractivity contribution >= 4 is 17.6 Å². The average molecular weight is 264 g/mol. The zero-order chi connectivity index (χ0) is 14.2. The summed E-state index contributed by atoms with van der Waals surface area (Å²) in [6.07, 6.45) is 3.21. The first-order valence-electron chi connectivity index (χ1n) is 6.59. The van der Waals surface area contributed by atoms with Gasteiger partial charge in [0, 0.05) is 25.6 Å². The van der Waals surface area contributed by atoms with E-state index in [0.717, 1.165) is 0 Å². The molecule has 6 heteroatoms. The molecule has 0 radical (unpaired) electrons. The summed E-state index contributed by atoms with van der Waals surface area (Å²) >= 11 is 0. The Kier molecular flexibility index (Phi) is 3.45. The SMILES string of the molecule is CCC1(CC)CC(=O)N(c2c(CN)cnn2C)C1=O. The second-order valence-electron chi connectivity index (χ2n) is 5.02. The van der Waals surface area contributed by atoms with Gasteiger partial charge in [0.05, 0.1) is 11.6 Å². The van der Waals surface area contributed by atoms with Crippen LogP contribution in [0, 0.1) is 5.41 Å². The minimum atomic E-state index is -0.562. The molecular formula is C13H20N4O2. The third-order valence-electron chi connectivity index (χ3n) is 4.16. The number of amides is 2. The molecule has 1 aliphatic heterocycles. The molecule has 6 nitrogen and oxygen atoms in total. The Morgan fingerprint density at radius 3 is 2.47 bits per heavy atom. The molecule has 0 atom stereocenters. The number of aromatic nitrogens is 2. The van der Waals surface area contributed by atoms with E-state index in [1.807, 2.05) is 13.8 Å². The number of anilines is 1. The van der Waals surface area contributed by atoms with E-state index >= 15 is 0 Å². The Morgan fingerprint density at radius 1 is 1.37 bits per heavy atom. The molecule has 1 aliphatic rings. The van der Waals surface area contributed by atoms with Crippen molar-refractivity contribution in [3.8, 4) is 0 Å². The van der Waals surface area contributed by atoms with Crippen LogP contribution >= 0.6 is 0 Å². The van der Waals surface area contributed by atoms with E-state index < -0.39 is 5.41 Å². The third-order valence-corrected chi connectivity index (χ3v) is 4.16. The van der Waals surface area contributed by atoms with E-state index in [1.54, 1.807) is 17.9 Å². The predicted molar refractivity (Wildman–Crippen MR) is 71.2 cm³/mol. The highest BCUT2D eigenvalue weighted by molar-refractivity contribution is 6.22. The van der Waals surface area contributed by atoms with Crippen LogP contribution in [-0.2, 0) is 23.2 Å². The molecule has 0 bridgehead atoms. The van der Waals surface area contributed by atoms with Gasteiger partial charge in [-0.25, -0.2) is 4.90 Å². The number of carbonyl (C=O) groups is 2. The van der Waals surface area contributed by atoms with Gasteiger partial charge in [-0.1, -0.05) is 13.8 Å². The normalized spacial score (nSPS) is 18.4. The first-order valence-corrected chi connectivity index (χ1v) is 6.59. The lowest BCUT2D eigenvalue weighted by atomic mass is 9.81. The monoisotopic (exact) mass is 264 g/mol. The zero-order valence-corrected chi connectivity index (χ0v) is 11.6. The molecule has 0 aliphatic carbocycles. The minimum absolute atomic E-state index is 0.124. The third kappa shape index (κ3) is 1.87. The van der Waals surface area contributed by atoms with Crippen molar-refractivity contribution in [2.45, 2.75) is 39.7 Å². The van der Waals surface area contributed by atoms with Crippen LogP contribution in [0.2, 0.25) is 0 Å². The maximum atomic E-state index is 12.6. The van der Waals surface area contributed by atoms with E-state index in [-0.39, 0.29) is 24.8 Å². The quantitative estimate of drug-likeness (QED) is 0.821. The lowest BCUT2D eigenvalue weighted by Crippen LogP contribution is -2.37. The van der Waals surface area contributed by atoms with Gasteiger partial charge in [0.1, 0.15) is 5.82 Å². The second kappa shape index (κ2) is 4.77. The fourth-order valence-corrected chi connectivity index (χ4v) is 2.72. The number of nitrogens with zero attached hydrogens (tertiary/aromatic N) is 3. The standard InChI is InChI=1S/C13H20N4O2/c1-4-13(5-2)6-10(18)17(12(13)19)11-9(7-14)8-15-16(11)3/h8H,4-7,14H2,1-3H3. The van der Waals surface area contributed by atoms with E-state index in [9.17, 15) is 9.59 Å². The summed E-state index contributed by atoms with van der Waals surface area (Å²) in [4.78, 5) is 26.2. The highest BCUT2D eigenvalue weighted by atomic mass is 16.2. The van der Waals surface area contributed by atoms with Gasteiger partial charge in [0.15, 0.2) is 0 Å². The molecule has 0 unspecified atom stereocenters. The van der Waals surface area contributed by atoms with Crippen molar-refractivity contribution < 1.29 is 9.59 Å². The summed E-state index contributed by atoms with van der Waals surface area (Å²) in [7, 11) is 1.72. The van der Waals surface area contributed by atoms with Crippen molar-refractivity contribution in [2.75, 3.05) is 4.90 Å². The van der Waals surface area contributed by atoms with Crippen molar-refractivity contribution in [3.63, 3.8) is 0 Å². The molecule has 19 heavy (non-hydrogen) atoms. The van der Waals surface area contributed by atoms with Crippen LogP contribution in [0.1, 0.15) is 38.7 Å². The fourth-order valence-electron chi connectivity index (χ4n) is 2.72. The van der Waals surface area contributed by atoms with Crippen LogP contribution in [-0.4, -0.2) is 21.6 Å². The van der Waals surface area contributed by atoms with Crippen LogP contribution in [0.5, 0.6) is 0 Å². The first-order chi connectivity index (χ1) is 9.00. The molecule has 2 N–H and O–H groups in total. The van der Waals surface area contributed by atoms with Crippen LogP contribution in [0.4, 0.5) is 5.82 Å². The number of nitrogens with two attached hydrogens (primary N) is 1. The Labute approximate surface area is 112 Å². The summed E-state index contributed by atoms with van der Waals surface area (Å²) in [5, 5.41) is 4.09. The van der Waals surface area contributed by atoms with Crippen LogP contribution in [0.3, 0.4) is 0 Å². The van der Waals surface area contributed by atoms with Crippen LogP contribution in [0.25, 0.3) is 0 Å². The molecule has 2 heterocycles. The van der Waals surface area contributed by atoms with Gasteiger partial charge >= 0.3 is 0 Å². The summed E-state index contributed by atoms with van der Waals surface area (Å²) in [6, 6.07) is 0. The number of hydrogen-bond donors (Lipinski definition) is 1. The molecule has 1 saturated heterocycles. The maximum Gasteiger partial charge on any atom is 0.241 e. The van der Waals surface area contributed by atoms with E-state index in [0.29, 0.717) is 24.2 Å². The van der Waals surface area contributed by atoms with Gasteiger partial charge < -0.3 is 5.73 Å². The van der Waals surface area contributed by atoms with Gasteiger partial charge in [0.25, 0.3) is 0 Å². The Hall–Kier alpha value is -1.69. The van der Waals surface area contributed by atoms with E-state index in [2.05, 4.69) is 5.10 Å². The molecular weight excluding hydrogens is 244 g/mol. The zero-order valence-electron chi connectivity index (χ0n) is 11.6. The number of aryl methyl sites for hydroxylation is 1. The Morgan fingerprint density at radius 2 is 2.00 bits per heavy atom. The minimum Gasteiger partial charge on any atom is -0.326 e. The topological polar surface area (TPSA) is 81.2 Å². The Bertz CT molecular complexity index is 517. The van der Waals surface area contributed by atoms with Crippen molar-refractivity contribution in [1.82, 2.24) is 9.78 Å². The number of hydrogen-bond acceptors (Lipinski definition) is 4. The lowest BCUT2D eigenvalue weighted by molar-refractivity contribution is -0.126. The molecule has 1 fully saturated rings. The van der Waals surface area contributed by atoms with Crippen LogP contribution in [0.15, 0.2) is 6.20 Å². The van der Waals surface area contributed by atoms with Gasteiger partial charge in [0.2, 0.25) is 11.8 Å². The van der Waals surface area contributed by atoms with E-state index in [1.165, 1.54) is 4.90 Å². The number of rotatable bonds is 4.